The zero-order chi connectivity index (χ0) is 23.8. The van der Waals surface area contributed by atoms with E-state index >= 15 is 0 Å². The summed E-state index contributed by atoms with van der Waals surface area (Å²) in [4.78, 5) is 34.8. The number of nitro benzene ring substituents is 1. The van der Waals surface area contributed by atoms with Gasteiger partial charge in [0.2, 0.25) is 0 Å². The minimum Gasteiger partial charge on any atom is -0.490 e. The average Bonchev–Trinajstić information content (AvgIpc) is 2.80. The Hall–Kier alpha value is -4.53. The summed E-state index contributed by atoms with van der Waals surface area (Å²) in [5.74, 6) is -0.411. The van der Waals surface area contributed by atoms with E-state index in [1.165, 1.54) is 30.5 Å². The third kappa shape index (κ3) is 6.23. The number of hydrazone groups is 1. The lowest BCUT2D eigenvalue weighted by Crippen LogP contribution is -2.17. The number of benzene rings is 3. The molecular weight excluding hydrogens is 426 g/mol. The Balaban J connectivity index is 1.69. The summed E-state index contributed by atoms with van der Waals surface area (Å²) in [6.45, 7) is 4.04. The summed E-state index contributed by atoms with van der Waals surface area (Å²) in [5.41, 5.74) is 4.44. The minimum absolute atomic E-state index is 0.110. The van der Waals surface area contributed by atoms with Crippen LogP contribution < -0.4 is 14.9 Å². The molecule has 9 nitrogen and oxygen atoms in total. The number of nitrogens with one attached hydrogen (secondary N) is 1. The van der Waals surface area contributed by atoms with E-state index in [1.807, 2.05) is 13.0 Å². The molecule has 1 amide bonds. The number of amides is 1. The van der Waals surface area contributed by atoms with Crippen molar-refractivity contribution < 1.29 is 24.0 Å². The van der Waals surface area contributed by atoms with Gasteiger partial charge in [0.1, 0.15) is 0 Å². The molecule has 3 aromatic rings. The Morgan fingerprint density at radius 1 is 1.03 bits per heavy atom. The van der Waals surface area contributed by atoms with Gasteiger partial charge >= 0.3 is 5.97 Å². The number of carbonyl (C=O) groups is 2. The maximum Gasteiger partial charge on any atom is 0.343 e. The molecule has 3 aromatic carbocycles. The van der Waals surface area contributed by atoms with Gasteiger partial charge in [0.05, 0.1) is 23.3 Å². The zero-order valence-electron chi connectivity index (χ0n) is 18.0. The zero-order valence-corrected chi connectivity index (χ0v) is 18.0. The first-order valence-corrected chi connectivity index (χ1v) is 10.0. The molecule has 0 aromatic heterocycles. The number of nitro groups is 1. The fourth-order valence-corrected chi connectivity index (χ4v) is 2.85. The molecule has 168 valence electrons. The fraction of sp³-hybridized carbons (Fsp3) is 0.125. The van der Waals surface area contributed by atoms with E-state index < -0.39 is 16.8 Å². The molecule has 3 rings (SSSR count). The van der Waals surface area contributed by atoms with Crippen molar-refractivity contribution in [2.45, 2.75) is 13.8 Å². The maximum atomic E-state index is 12.5. The highest BCUT2D eigenvalue weighted by Gasteiger charge is 2.13. The number of carbonyl (C=O) groups excluding carboxylic acids is 2. The van der Waals surface area contributed by atoms with Crippen molar-refractivity contribution in [2.24, 2.45) is 5.10 Å². The topological polar surface area (TPSA) is 120 Å². The van der Waals surface area contributed by atoms with E-state index in [0.29, 0.717) is 23.5 Å². The summed E-state index contributed by atoms with van der Waals surface area (Å²) in [5, 5.41) is 14.6. The first-order valence-electron chi connectivity index (χ1n) is 10.0. The number of esters is 1. The molecule has 0 heterocycles. The van der Waals surface area contributed by atoms with Crippen molar-refractivity contribution in [1.82, 2.24) is 5.43 Å². The lowest BCUT2D eigenvalue weighted by molar-refractivity contribution is -0.384. The van der Waals surface area contributed by atoms with Gasteiger partial charge in [-0.1, -0.05) is 17.7 Å². The molecule has 0 saturated heterocycles. The number of hydrogen-bond donors (Lipinski definition) is 1. The van der Waals surface area contributed by atoms with Crippen LogP contribution in [0.4, 0.5) is 5.69 Å². The number of non-ortho nitro benzene ring substituents is 1. The molecule has 0 bridgehead atoms. The molecule has 0 aliphatic heterocycles. The molecule has 0 aliphatic carbocycles. The maximum absolute atomic E-state index is 12.5. The lowest BCUT2D eigenvalue weighted by atomic mass is 10.1. The number of nitrogens with zero attached hydrogens (tertiary/aromatic N) is 2. The van der Waals surface area contributed by atoms with Crippen LogP contribution in [0.5, 0.6) is 11.5 Å². The number of rotatable bonds is 8. The van der Waals surface area contributed by atoms with Crippen molar-refractivity contribution in [2.75, 3.05) is 6.61 Å². The normalized spacial score (nSPS) is 10.6. The van der Waals surface area contributed by atoms with Gasteiger partial charge in [-0.3, -0.25) is 14.9 Å². The second kappa shape index (κ2) is 10.7. The molecule has 0 atom stereocenters. The van der Waals surface area contributed by atoms with Gasteiger partial charge in [0.15, 0.2) is 11.5 Å². The van der Waals surface area contributed by atoms with E-state index in [4.69, 9.17) is 9.47 Å². The molecule has 0 saturated carbocycles. The van der Waals surface area contributed by atoms with Crippen LogP contribution in [0.2, 0.25) is 0 Å². The predicted octanol–water partition coefficient (Wildman–Crippen LogP) is 4.29. The second-order valence-corrected chi connectivity index (χ2v) is 6.90. The summed E-state index contributed by atoms with van der Waals surface area (Å²) in [6, 6.07) is 17.1. The fourth-order valence-electron chi connectivity index (χ4n) is 2.85. The Morgan fingerprint density at radius 2 is 1.79 bits per heavy atom. The minimum atomic E-state index is -0.544. The largest absolute Gasteiger partial charge is 0.490 e. The van der Waals surface area contributed by atoms with Gasteiger partial charge < -0.3 is 9.47 Å². The van der Waals surface area contributed by atoms with Crippen LogP contribution in [0.3, 0.4) is 0 Å². The van der Waals surface area contributed by atoms with Gasteiger partial charge in [-0.15, -0.1) is 0 Å². The van der Waals surface area contributed by atoms with Gasteiger partial charge in [0.25, 0.3) is 11.6 Å². The highest BCUT2D eigenvalue weighted by atomic mass is 16.6. The van der Waals surface area contributed by atoms with Crippen molar-refractivity contribution in [3.63, 3.8) is 0 Å². The Morgan fingerprint density at radius 3 is 2.45 bits per heavy atom. The van der Waals surface area contributed by atoms with Crippen molar-refractivity contribution in [3.8, 4) is 11.5 Å². The molecule has 0 aliphatic rings. The van der Waals surface area contributed by atoms with Gasteiger partial charge in [-0.25, -0.2) is 10.2 Å². The second-order valence-electron chi connectivity index (χ2n) is 6.90. The van der Waals surface area contributed by atoms with Gasteiger partial charge in [0, 0.05) is 17.7 Å². The van der Waals surface area contributed by atoms with Gasteiger partial charge in [-0.2, -0.15) is 5.10 Å². The summed E-state index contributed by atoms with van der Waals surface area (Å²) in [6.07, 6.45) is 1.40. The third-order valence-electron chi connectivity index (χ3n) is 4.44. The summed E-state index contributed by atoms with van der Waals surface area (Å²) >= 11 is 0. The predicted molar refractivity (Wildman–Crippen MR) is 122 cm³/mol. The molecule has 33 heavy (non-hydrogen) atoms. The molecule has 0 radical (unpaired) electrons. The van der Waals surface area contributed by atoms with E-state index in [1.54, 1.807) is 43.3 Å². The van der Waals surface area contributed by atoms with Crippen LogP contribution in [0.15, 0.2) is 71.8 Å². The monoisotopic (exact) mass is 447 g/mol. The number of hydrogen-bond acceptors (Lipinski definition) is 7. The van der Waals surface area contributed by atoms with Crippen molar-refractivity contribution in [1.29, 1.82) is 0 Å². The molecule has 1 N–H and O–H groups in total. The first kappa shape index (κ1) is 23.1. The average molecular weight is 447 g/mol. The van der Waals surface area contributed by atoms with E-state index in [0.717, 1.165) is 5.56 Å². The highest BCUT2D eigenvalue weighted by Crippen LogP contribution is 2.29. The van der Waals surface area contributed by atoms with Gasteiger partial charge in [-0.05, 0) is 61.9 Å². The van der Waals surface area contributed by atoms with E-state index in [-0.39, 0.29) is 17.0 Å². The van der Waals surface area contributed by atoms with Crippen LogP contribution in [0, 0.1) is 17.0 Å². The summed E-state index contributed by atoms with van der Waals surface area (Å²) < 4.78 is 11.1. The van der Waals surface area contributed by atoms with E-state index in [2.05, 4.69) is 10.5 Å². The molecule has 0 fully saturated rings. The van der Waals surface area contributed by atoms with Crippen molar-refractivity contribution >= 4 is 23.8 Å². The molecule has 9 heteroatoms. The van der Waals surface area contributed by atoms with E-state index in [9.17, 15) is 19.7 Å². The highest BCUT2D eigenvalue weighted by molar-refractivity contribution is 5.95. The van der Waals surface area contributed by atoms with Crippen LogP contribution in [-0.4, -0.2) is 29.6 Å². The number of aryl methyl sites for hydroxylation is 1. The molecular formula is C24H21N3O6. The van der Waals surface area contributed by atoms with Crippen LogP contribution in [-0.2, 0) is 0 Å². The van der Waals surface area contributed by atoms with Crippen LogP contribution in [0.1, 0.15) is 38.8 Å². The smallest absolute Gasteiger partial charge is 0.343 e. The standard InChI is InChI=1S/C24H21N3O6/c1-3-32-22-14-17(7-12-21(22)33-24(29)19-6-4-5-16(2)13-19)15-25-26-23(28)18-8-10-20(11-9-18)27(30)31/h4-15H,3H2,1-2H3,(H,26,28)/b25-15+. The summed E-state index contributed by atoms with van der Waals surface area (Å²) in [7, 11) is 0. The van der Waals surface area contributed by atoms with Crippen LogP contribution >= 0.6 is 0 Å². The Kier molecular flexibility index (Phi) is 7.48. The third-order valence-corrected chi connectivity index (χ3v) is 4.44. The Labute approximate surface area is 189 Å². The molecule has 0 spiro atoms. The molecule has 0 unspecified atom stereocenters. The lowest BCUT2D eigenvalue weighted by Gasteiger charge is -2.11. The quantitative estimate of drug-likeness (QED) is 0.181. The SMILES string of the molecule is CCOc1cc(/C=N/NC(=O)c2ccc([N+](=O)[O-])cc2)ccc1OC(=O)c1cccc(C)c1. The van der Waals surface area contributed by atoms with Crippen molar-refractivity contribution in [3.05, 3.63) is 99.1 Å². The first-order chi connectivity index (χ1) is 15.9. The van der Waals surface area contributed by atoms with Crippen LogP contribution in [0.25, 0.3) is 0 Å². The number of ether oxygens (including phenoxy) is 2. The Bertz CT molecular complexity index is 1210.